The third-order valence-corrected chi connectivity index (χ3v) is 3.11. The first-order valence-corrected chi connectivity index (χ1v) is 6.86. The van der Waals surface area contributed by atoms with Crippen LogP contribution in [-0.2, 0) is 4.79 Å². The fraction of sp³-hybridized carbons (Fsp3) is 0.533. The van der Waals surface area contributed by atoms with Crippen LogP contribution in [0.1, 0.15) is 32.4 Å². The Morgan fingerprint density at radius 2 is 2.25 bits per heavy atom. The number of aliphatic hydroxyl groups excluding tert-OH is 1. The zero-order valence-electron chi connectivity index (χ0n) is 12.1. The number of aliphatic hydroxyl groups is 1. The molecule has 110 valence electrons. The molecule has 0 saturated heterocycles. The lowest BCUT2D eigenvalue weighted by molar-refractivity contribution is -0.127. The average molecular weight is 279 g/mol. The average Bonchev–Trinajstić information content (AvgIpc) is 2.77. The van der Waals surface area contributed by atoms with Gasteiger partial charge < -0.3 is 19.9 Å². The van der Waals surface area contributed by atoms with Gasteiger partial charge in [0.15, 0.2) is 6.10 Å². The third kappa shape index (κ3) is 3.42. The first-order chi connectivity index (χ1) is 9.47. The Hall–Kier alpha value is -1.75. The van der Waals surface area contributed by atoms with E-state index in [1.165, 1.54) is 0 Å². The molecule has 2 N–H and O–H groups in total. The van der Waals surface area contributed by atoms with Crippen molar-refractivity contribution in [3.63, 3.8) is 0 Å². The molecule has 0 bridgehead atoms. The molecule has 0 saturated carbocycles. The van der Waals surface area contributed by atoms with Crippen LogP contribution in [0, 0.1) is 5.92 Å². The molecule has 0 aliphatic carbocycles. The van der Waals surface area contributed by atoms with Gasteiger partial charge in [-0.25, -0.2) is 0 Å². The summed E-state index contributed by atoms with van der Waals surface area (Å²) in [6.07, 6.45) is -1.15. The van der Waals surface area contributed by atoms with E-state index in [9.17, 15) is 9.90 Å². The van der Waals surface area contributed by atoms with Gasteiger partial charge in [0, 0.05) is 18.2 Å². The van der Waals surface area contributed by atoms with Gasteiger partial charge in [0.2, 0.25) is 0 Å². The van der Waals surface area contributed by atoms with Crippen LogP contribution >= 0.6 is 0 Å². The molecule has 1 aliphatic rings. The molecule has 1 aliphatic heterocycles. The molecule has 2 atom stereocenters. The van der Waals surface area contributed by atoms with Crippen LogP contribution in [0.4, 0.5) is 0 Å². The lowest BCUT2D eigenvalue weighted by atomic mass is 10.1. The third-order valence-electron chi connectivity index (χ3n) is 3.11. The highest BCUT2D eigenvalue weighted by molar-refractivity contribution is 5.80. The Labute approximate surface area is 118 Å². The number of hydrogen-bond donors (Lipinski definition) is 2. The molecule has 1 amide bonds. The van der Waals surface area contributed by atoms with Crippen LogP contribution in [0.3, 0.4) is 0 Å². The molecule has 1 aromatic rings. The smallest absolute Gasteiger partial charge is 0.260 e. The fourth-order valence-corrected chi connectivity index (χ4v) is 1.95. The Morgan fingerprint density at radius 1 is 1.50 bits per heavy atom. The Morgan fingerprint density at radius 3 is 2.95 bits per heavy atom. The zero-order chi connectivity index (χ0) is 14.7. The second-order valence-corrected chi connectivity index (χ2v) is 5.43. The summed E-state index contributed by atoms with van der Waals surface area (Å²) >= 11 is 0. The molecule has 2 rings (SSSR count). The summed E-state index contributed by atoms with van der Waals surface area (Å²) in [6, 6.07) is 5.21. The minimum Gasteiger partial charge on any atom is -0.490 e. The van der Waals surface area contributed by atoms with Gasteiger partial charge in [-0.3, -0.25) is 4.79 Å². The highest BCUT2D eigenvalue weighted by atomic mass is 16.5. The second kappa shape index (κ2) is 6.13. The van der Waals surface area contributed by atoms with Crippen molar-refractivity contribution in [2.45, 2.75) is 33.0 Å². The standard InChI is InChI=1S/C15H21NO4/c1-9(2)7-16-15(18)10(3)20-11-4-5-12-13(17)8-19-14(12)6-11/h4-6,9-10,13,17H,7-8H2,1-3H3,(H,16,18). The van der Waals surface area contributed by atoms with Crippen LogP contribution < -0.4 is 14.8 Å². The van der Waals surface area contributed by atoms with Crippen LogP contribution in [0.5, 0.6) is 11.5 Å². The van der Waals surface area contributed by atoms with Crippen LogP contribution in [0.25, 0.3) is 0 Å². The van der Waals surface area contributed by atoms with E-state index in [4.69, 9.17) is 9.47 Å². The van der Waals surface area contributed by atoms with E-state index in [0.717, 1.165) is 5.56 Å². The number of hydrogen-bond acceptors (Lipinski definition) is 4. The number of nitrogens with one attached hydrogen (secondary N) is 1. The highest BCUT2D eigenvalue weighted by Crippen LogP contribution is 2.35. The van der Waals surface area contributed by atoms with Crippen LogP contribution in [0.15, 0.2) is 18.2 Å². The number of amides is 1. The maximum Gasteiger partial charge on any atom is 0.260 e. The van der Waals surface area contributed by atoms with Gasteiger partial charge in [0.1, 0.15) is 24.2 Å². The summed E-state index contributed by atoms with van der Waals surface area (Å²) in [4.78, 5) is 11.8. The largest absolute Gasteiger partial charge is 0.490 e. The molecule has 1 aromatic carbocycles. The van der Waals surface area contributed by atoms with Crippen LogP contribution in [-0.4, -0.2) is 30.3 Å². The quantitative estimate of drug-likeness (QED) is 0.860. The first-order valence-electron chi connectivity index (χ1n) is 6.86. The second-order valence-electron chi connectivity index (χ2n) is 5.43. The number of rotatable bonds is 5. The summed E-state index contributed by atoms with van der Waals surface area (Å²) in [5.74, 6) is 1.44. The SMILES string of the molecule is CC(C)CNC(=O)C(C)Oc1ccc2c(c1)OCC2O. The Kier molecular flexibility index (Phi) is 4.49. The maximum atomic E-state index is 11.8. The Bertz CT molecular complexity index is 487. The summed E-state index contributed by atoms with van der Waals surface area (Å²) in [7, 11) is 0. The van der Waals surface area contributed by atoms with E-state index in [-0.39, 0.29) is 12.5 Å². The molecule has 5 nitrogen and oxygen atoms in total. The van der Waals surface area contributed by atoms with Gasteiger partial charge in [-0.15, -0.1) is 0 Å². The minimum absolute atomic E-state index is 0.139. The van der Waals surface area contributed by atoms with Gasteiger partial charge >= 0.3 is 0 Å². The van der Waals surface area contributed by atoms with Gasteiger partial charge in [0.25, 0.3) is 5.91 Å². The number of fused-ring (bicyclic) bond motifs is 1. The molecular weight excluding hydrogens is 258 g/mol. The topological polar surface area (TPSA) is 67.8 Å². The van der Waals surface area contributed by atoms with Crippen molar-refractivity contribution < 1.29 is 19.4 Å². The first kappa shape index (κ1) is 14.7. The lowest BCUT2D eigenvalue weighted by Crippen LogP contribution is -2.38. The normalized spacial score (nSPS) is 18.4. The number of carbonyl (C=O) groups excluding carboxylic acids is 1. The summed E-state index contributed by atoms with van der Waals surface area (Å²) in [5, 5.41) is 12.5. The minimum atomic E-state index is -0.578. The van der Waals surface area contributed by atoms with Crippen molar-refractivity contribution in [2.75, 3.05) is 13.2 Å². The number of ether oxygens (including phenoxy) is 2. The zero-order valence-corrected chi connectivity index (χ0v) is 12.1. The van der Waals surface area contributed by atoms with Gasteiger partial charge in [0.05, 0.1) is 0 Å². The van der Waals surface area contributed by atoms with Crippen molar-refractivity contribution in [2.24, 2.45) is 5.92 Å². The molecular formula is C15H21NO4. The van der Waals surface area contributed by atoms with E-state index in [1.54, 1.807) is 25.1 Å². The van der Waals surface area contributed by atoms with Crippen molar-refractivity contribution in [3.8, 4) is 11.5 Å². The Balaban J connectivity index is 1.95. The number of carbonyl (C=O) groups is 1. The number of benzene rings is 1. The lowest BCUT2D eigenvalue weighted by Gasteiger charge is -2.16. The maximum absolute atomic E-state index is 11.8. The van der Waals surface area contributed by atoms with Crippen molar-refractivity contribution in [3.05, 3.63) is 23.8 Å². The van der Waals surface area contributed by atoms with Crippen molar-refractivity contribution >= 4 is 5.91 Å². The van der Waals surface area contributed by atoms with Crippen LogP contribution in [0.2, 0.25) is 0 Å². The monoisotopic (exact) mass is 279 g/mol. The van der Waals surface area contributed by atoms with E-state index in [1.807, 2.05) is 13.8 Å². The van der Waals surface area contributed by atoms with E-state index in [0.29, 0.717) is 24.0 Å². The summed E-state index contributed by atoms with van der Waals surface area (Å²) < 4.78 is 10.9. The highest BCUT2D eigenvalue weighted by Gasteiger charge is 2.23. The van der Waals surface area contributed by atoms with E-state index in [2.05, 4.69) is 5.32 Å². The van der Waals surface area contributed by atoms with Crippen molar-refractivity contribution in [1.82, 2.24) is 5.32 Å². The predicted octanol–water partition coefficient (Wildman–Crippen LogP) is 1.65. The van der Waals surface area contributed by atoms with E-state index < -0.39 is 12.2 Å². The summed E-state index contributed by atoms with van der Waals surface area (Å²) in [5.41, 5.74) is 0.759. The van der Waals surface area contributed by atoms with Gasteiger partial charge in [-0.2, -0.15) is 0 Å². The molecule has 5 heteroatoms. The summed E-state index contributed by atoms with van der Waals surface area (Å²) in [6.45, 7) is 6.68. The molecule has 1 heterocycles. The molecule has 0 radical (unpaired) electrons. The fourth-order valence-electron chi connectivity index (χ4n) is 1.95. The van der Waals surface area contributed by atoms with E-state index >= 15 is 0 Å². The van der Waals surface area contributed by atoms with Gasteiger partial charge in [-0.05, 0) is 25.0 Å². The molecule has 0 fully saturated rings. The van der Waals surface area contributed by atoms with Gasteiger partial charge in [-0.1, -0.05) is 13.8 Å². The molecule has 0 spiro atoms. The molecule has 2 unspecified atom stereocenters. The van der Waals surface area contributed by atoms with Crippen molar-refractivity contribution in [1.29, 1.82) is 0 Å². The molecule has 0 aromatic heterocycles. The molecule has 20 heavy (non-hydrogen) atoms. The predicted molar refractivity (Wildman–Crippen MR) is 74.8 cm³/mol.